The van der Waals surface area contributed by atoms with Gasteiger partial charge in [-0.1, -0.05) is 11.6 Å². The number of fused-ring (bicyclic) bond motifs is 1. The van der Waals surface area contributed by atoms with E-state index in [-0.39, 0.29) is 18.1 Å². The molecule has 8 heteroatoms. The molecule has 0 bridgehead atoms. The lowest BCUT2D eigenvalue weighted by atomic mass is 9.94. The first-order valence-electron chi connectivity index (χ1n) is 7.03. The van der Waals surface area contributed by atoms with Gasteiger partial charge in [0.1, 0.15) is 10.7 Å². The van der Waals surface area contributed by atoms with Gasteiger partial charge in [-0.15, -0.1) is 0 Å². The highest BCUT2D eigenvalue weighted by molar-refractivity contribution is 6.30. The van der Waals surface area contributed by atoms with Crippen molar-refractivity contribution >= 4 is 28.5 Å². The van der Waals surface area contributed by atoms with Crippen LogP contribution in [-0.2, 0) is 0 Å². The SMILES string of the molecule is CN1CCC(F)(F)[C@@H](CNc2nc(Cl)cc3nccnc23)C1. The largest absolute Gasteiger partial charge is 0.368 e. The van der Waals surface area contributed by atoms with Crippen molar-refractivity contribution in [3.63, 3.8) is 0 Å². The van der Waals surface area contributed by atoms with Gasteiger partial charge in [0.05, 0.1) is 11.4 Å². The number of nitrogens with one attached hydrogen (secondary N) is 1. The van der Waals surface area contributed by atoms with E-state index < -0.39 is 11.8 Å². The highest BCUT2D eigenvalue weighted by Gasteiger charge is 2.42. The zero-order valence-electron chi connectivity index (χ0n) is 12.1. The Balaban J connectivity index is 1.81. The third-order valence-corrected chi connectivity index (χ3v) is 4.09. The third-order valence-electron chi connectivity index (χ3n) is 3.90. The van der Waals surface area contributed by atoms with E-state index in [0.717, 1.165) is 0 Å². The maximum Gasteiger partial charge on any atom is 0.255 e. The van der Waals surface area contributed by atoms with Crippen molar-refractivity contribution in [2.45, 2.75) is 12.3 Å². The molecule has 2 aromatic rings. The molecule has 0 radical (unpaired) electrons. The molecular formula is C14H16ClF2N5. The molecule has 0 spiro atoms. The van der Waals surface area contributed by atoms with Gasteiger partial charge in [0.15, 0.2) is 5.82 Å². The molecule has 3 heterocycles. The Morgan fingerprint density at radius 1 is 1.41 bits per heavy atom. The fraction of sp³-hybridized carbons (Fsp3) is 0.500. The number of rotatable bonds is 3. The van der Waals surface area contributed by atoms with Gasteiger partial charge in [-0.2, -0.15) is 0 Å². The lowest BCUT2D eigenvalue weighted by molar-refractivity contribution is -0.0963. The third kappa shape index (κ3) is 3.10. The summed E-state index contributed by atoms with van der Waals surface area (Å²) >= 11 is 5.95. The van der Waals surface area contributed by atoms with Gasteiger partial charge in [0.25, 0.3) is 5.92 Å². The van der Waals surface area contributed by atoms with Gasteiger partial charge >= 0.3 is 0 Å². The molecule has 1 N–H and O–H groups in total. The molecule has 0 aromatic carbocycles. The second-order valence-corrected chi connectivity index (χ2v) is 5.96. The summed E-state index contributed by atoms with van der Waals surface area (Å²) in [5.74, 6) is -3.07. The number of anilines is 1. The summed E-state index contributed by atoms with van der Waals surface area (Å²) in [6.07, 6.45) is 2.96. The summed E-state index contributed by atoms with van der Waals surface area (Å²) in [4.78, 5) is 14.4. The summed E-state index contributed by atoms with van der Waals surface area (Å²) < 4.78 is 28.0. The van der Waals surface area contributed by atoms with E-state index in [1.807, 2.05) is 11.9 Å². The minimum atomic E-state index is -2.68. The van der Waals surface area contributed by atoms with E-state index in [1.54, 1.807) is 12.3 Å². The van der Waals surface area contributed by atoms with E-state index in [4.69, 9.17) is 11.6 Å². The normalized spacial score (nSPS) is 21.9. The van der Waals surface area contributed by atoms with Crippen LogP contribution in [0.3, 0.4) is 0 Å². The quantitative estimate of drug-likeness (QED) is 0.878. The van der Waals surface area contributed by atoms with Crippen molar-refractivity contribution in [2.24, 2.45) is 5.92 Å². The number of halogens is 3. The number of hydrogen-bond donors (Lipinski definition) is 1. The van der Waals surface area contributed by atoms with Crippen LogP contribution >= 0.6 is 11.6 Å². The second kappa shape index (κ2) is 5.89. The number of likely N-dealkylation sites (tertiary alicyclic amines) is 1. The number of piperidine rings is 1. The summed E-state index contributed by atoms with van der Waals surface area (Å²) in [7, 11) is 1.85. The highest BCUT2D eigenvalue weighted by Crippen LogP contribution is 2.33. The van der Waals surface area contributed by atoms with E-state index >= 15 is 0 Å². The molecule has 0 saturated carbocycles. The van der Waals surface area contributed by atoms with Gasteiger partial charge in [-0.25, -0.2) is 18.7 Å². The number of hydrogen-bond acceptors (Lipinski definition) is 5. The number of alkyl halides is 2. The molecule has 3 rings (SSSR count). The Morgan fingerprint density at radius 2 is 2.18 bits per heavy atom. The highest BCUT2D eigenvalue weighted by atomic mass is 35.5. The topological polar surface area (TPSA) is 53.9 Å². The van der Waals surface area contributed by atoms with Crippen LogP contribution in [0.25, 0.3) is 11.0 Å². The number of aromatic nitrogens is 3. The van der Waals surface area contributed by atoms with Crippen LogP contribution < -0.4 is 5.32 Å². The van der Waals surface area contributed by atoms with Crippen molar-refractivity contribution in [1.82, 2.24) is 19.9 Å². The van der Waals surface area contributed by atoms with Crippen molar-refractivity contribution in [1.29, 1.82) is 0 Å². The molecule has 118 valence electrons. The maximum absolute atomic E-state index is 14.0. The molecule has 1 fully saturated rings. The first-order valence-corrected chi connectivity index (χ1v) is 7.41. The van der Waals surface area contributed by atoms with E-state index in [0.29, 0.717) is 29.9 Å². The molecular weight excluding hydrogens is 312 g/mol. The molecule has 2 aromatic heterocycles. The van der Waals surface area contributed by atoms with Crippen LogP contribution in [0, 0.1) is 5.92 Å². The van der Waals surface area contributed by atoms with Crippen molar-refractivity contribution in [3.8, 4) is 0 Å². The summed E-state index contributed by atoms with van der Waals surface area (Å²) in [6.45, 7) is 0.855. The lowest BCUT2D eigenvalue weighted by Gasteiger charge is -2.36. The first-order chi connectivity index (χ1) is 10.5. The van der Waals surface area contributed by atoms with Gasteiger partial charge in [-0.05, 0) is 7.05 Å². The zero-order chi connectivity index (χ0) is 15.7. The molecule has 0 aliphatic carbocycles. The molecule has 0 unspecified atom stereocenters. The smallest absolute Gasteiger partial charge is 0.255 e. The van der Waals surface area contributed by atoms with E-state index in [1.165, 1.54) is 6.20 Å². The standard InChI is InChI=1S/C14H16ClF2N5/c1-22-5-2-14(16,17)9(8-22)7-20-13-12-10(6-11(15)21-13)18-3-4-19-12/h3-4,6,9H,2,5,7-8H2,1H3,(H,20,21)/t9-/m0/s1. The van der Waals surface area contributed by atoms with Crippen molar-refractivity contribution in [3.05, 3.63) is 23.6 Å². The van der Waals surface area contributed by atoms with Crippen LogP contribution in [0.15, 0.2) is 18.5 Å². The molecule has 1 aliphatic rings. The van der Waals surface area contributed by atoms with Crippen molar-refractivity contribution < 1.29 is 8.78 Å². The lowest BCUT2D eigenvalue weighted by Crippen LogP contribution is -2.48. The van der Waals surface area contributed by atoms with Gasteiger partial charge in [0, 0.05) is 44.5 Å². The van der Waals surface area contributed by atoms with Crippen LogP contribution in [0.4, 0.5) is 14.6 Å². The number of pyridine rings is 1. The van der Waals surface area contributed by atoms with Crippen molar-refractivity contribution in [2.75, 3.05) is 32.0 Å². The van der Waals surface area contributed by atoms with E-state index in [2.05, 4.69) is 20.3 Å². The Labute approximate surface area is 131 Å². The van der Waals surface area contributed by atoms with Crippen LogP contribution in [-0.4, -0.2) is 52.5 Å². The van der Waals surface area contributed by atoms with Gasteiger partial charge < -0.3 is 10.2 Å². The summed E-state index contributed by atoms with van der Waals surface area (Å²) in [6, 6.07) is 1.60. The van der Waals surface area contributed by atoms with Crippen LogP contribution in [0.1, 0.15) is 6.42 Å². The Hall–Kier alpha value is -1.60. The van der Waals surface area contributed by atoms with Gasteiger partial charge in [0.2, 0.25) is 0 Å². The Kier molecular flexibility index (Phi) is 4.10. The predicted molar refractivity (Wildman–Crippen MR) is 81.4 cm³/mol. The first kappa shape index (κ1) is 15.3. The molecule has 0 amide bonds. The molecule has 1 saturated heterocycles. The minimum absolute atomic E-state index is 0.107. The summed E-state index contributed by atoms with van der Waals surface area (Å²) in [5, 5.41) is 3.22. The maximum atomic E-state index is 14.0. The van der Waals surface area contributed by atoms with Crippen LogP contribution in [0.5, 0.6) is 0 Å². The average Bonchev–Trinajstić information content (AvgIpc) is 2.48. The van der Waals surface area contributed by atoms with Gasteiger partial charge in [-0.3, -0.25) is 4.98 Å². The molecule has 5 nitrogen and oxygen atoms in total. The summed E-state index contributed by atoms with van der Waals surface area (Å²) in [5.41, 5.74) is 1.11. The predicted octanol–water partition coefficient (Wildman–Crippen LogP) is 2.68. The monoisotopic (exact) mass is 327 g/mol. The van der Waals surface area contributed by atoms with E-state index in [9.17, 15) is 8.78 Å². The average molecular weight is 328 g/mol. The molecule has 1 aliphatic heterocycles. The molecule has 22 heavy (non-hydrogen) atoms. The fourth-order valence-corrected chi connectivity index (χ4v) is 2.83. The fourth-order valence-electron chi connectivity index (χ4n) is 2.64. The minimum Gasteiger partial charge on any atom is -0.368 e. The number of nitrogens with zero attached hydrogens (tertiary/aromatic N) is 4. The van der Waals surface area contributed by atoms with Crippen LogP contribution in [0.2, 0.25) is 5.15 Å². The Bertz CT molecular complexity index is 681. The second-order valence-electron chi connectivity index (χ2n) is 5.57. The zero-order valence-corrected chi connectivity index (χ0v) is 12.8. The molecule has 1 atom stereocenters. The Morgan fingerprint density at radius 3 is 3.00 bits per heavy atom.